The predicted molar refractivity (Wildman–Crippen MR) is 119 cm³/mol. The molecule has 0 spiro atoms. The lowest BCUT2D eigenvalue weighted by Crippen LogP contribution is -2.15. The second-order valence-corrected chi connectivity index (χ2v) is 10.9. The molecule has 158 valence electrons. The Kier molecular flexibility index (Phi) is 5.14. The van der Waals surface area contributed by atoms with Crippen molar-refractivity contribution in [2.45, 2.75) is 56.9 Å². The number of nitrogens with one attached hydrogen (secondary N) is 1. The third kappa shape index (κ3) is 4.09. The van der Waals surface area contributed by atoms with E-state index in [0.29, 0.717) is 28.1 Å². The number of nitrogens with zero attached hydrogens (tertiary/aromatic N) is 3. The molecule has 3 aromatic rings. The van der Waals surface area contributed by atoms with Crippen LogP contribution < -0.4 is 4.72 Å². The Bertz CT molecular complexity index is 1190. The van der Waals surface area contributed by atoms with E-state index >= 15 is 0 Å². The van der Waals surface area contributed by atoms with Gasteiger partial charge in [-0.05, 0) is 61.1 Å². The molecule has 1 fully saturated rings. The molecule has 8 heteroatoms. The van der Waals surface area contributed by atoms with Gasteiger partial charge in [0, 0.05) is 16.6 Å². The molecule has 0 bridgehead atoms. The molecule has 0 unspecified atom stereocenters. The molecule has 1 aromatic heterocycles. The SMILES string of the molecule is Cc1nnc(-c2cc(Cl)ccc2NS(=O)(=O)c2ccc(C(C)(C)C)cc2)n1C1CC1. The lowest BCUT2D eigenvalue weighted by molar-refractivity contribution is 0.587. The second kappa shape index (κ2) is 7.39. The van der Waals surface area contributed by atoms with Crippen LogP contribution in [0.4, 0.5) is 5.69 Å². The summed E-state index contributed by atoms with van der Waals surface area (Å²) in [5.41, 5.74) is 2.06. The normalized spacial score (nSPS) is 14.7. The summed E-state index contributed by atoms with van der Waals surface area (Å²) < 4.78 is 30.9. The number of benzene rings is 2. The zero-order chi connectivity index (χ0) is 21.7. The first-order chi connectivity index (χ1) is 14.1. The van der Waals surface area contributed by atoms with Crippen LogP contribution in [0.5, 0.6) is 0 Å². The molecule has 30 heavy (non-hydrogen) atoms. The molecule has 0 atom stereocenters. The van der Waals surface area contributed by atoms with E-state index in [1.165, 1.54) is 0 Å². The van der Waals surface area contributed by atoms with Gasteiger partial charge in [0.25, 0.3) is 10.0 Å². The Labute approximate surface area is 182 Å². The van der Waals surface area contributed by atoms with E-state index in [1.54, 1.807) is 30.3 Å². The average Bonchev–Trinajstić information content (AvgIpc) is 3.44. The maximum atomic E-state index is 13.1. The molecular formula is C22H25ClN4O2S. The Morgan fingerprint density at radius 3 is 2.33 bits per heavy atom. The van der Waals surface area contributed by atoms with Crippen LogP contribution in [0.25, 0.3) is 11.4 Å². The first-order valence-corrected chi connectivity index (χ1v) is 11.8. The van der Waals surface area contributed by atoms with E-state index in [4.69, 9.17) is 11.6 Å². The van der Waals surface area contributed by atoms with Crippen molar-refractivity contribution >= 4 is 27.3 Å². The third-order valence-electron chi connectivity index (χ3n) is 5.28. The van der Waals surface area contributed by atoms with Gasteiger partial charge in [-0.15, -0.1) is 10.2 Å². The van der Waals surface area contributed by atoms with E-state index in [9.17, 15) is 8.42 Å². The number of aryl methyl sites for hydroxylation is 1. The van der Waals surface area contributed by atoms with Gasteiger partial charge in [-0.3, -0.25) is 4.72 Å². The highest BCUT2D eigenvalue weighted by Gasteiger charge is 2.30. The number of hydrogen-bond acceptors (Lipinski definition) is 4. The lowest BCUT2D eigenvalue weighted by Gasteiger charge is -2.19. The first kappa shape index (κ1) is 20.9. The number of halogens is 1. The molecule has 0 radical (unpaired) electrons. The number of sulfonamides is 1. The zero-order valence-corrected chi connectivity index (χ0v) is 19.0. The van der Waals surface area contributed by atoms with E-state index in [-0.39, 0.29) is 10.3 Å². The number of anilines is 1. The highest BCUT2D eigenvalue weighted by Crippen LogP contribution is 2.41. The Hall–Kier alpha value is -2.38. The fourth-order valence-electron chi connectivity index (χ4n) is 3.45. The fourth-order valence-corrected chi connectivity index (χ4v) is 4.70. The summed E-state index contributed by atoms with van der Waals surface area (Å²) in [5, 5.41) is 9.02. The van der Waals surface area contributed by atoms with E-state index < -0.39 is 10.0 Å². The fraction of sp³-hybridized carbons (Fsp3) is 0.364. The van der Waals surface area contributed by atoms with Crippen molar-refractivity contribution in [3.8, 4) is 11.4 Å². The van der Waals surface area contributed by atoms with Crippen molar-refractivity contribution in [1.29, 1.82) is 0 Å². The Morgan fingerprint density at radius 1 is 1.07 bits per heavy atom. The Morgan fingerprint density at radius 2 is 1.73 bits per heavy atom. The van der Waals surface area contributed by atoms with Crippen LogP contribution in [-0.4, -0.2) is 23.2 Å². The molecule has 0 saturated heterocycles. The summed E-state index contributed by atoms with van der Waals surface area (Å²) in [7, 11) is -3.78. The summed E-state index contributed by atoms with van der Waals surface area (Å²) in [6.07, 6.45) is 2.13. The predicted octanol–water partition coefficient (Wildman–Crippen LogP) is 5.34. The van der Waals surface area contributed by atoms with E-state index in [2.05, 4.69) is 40.3 Å². The lowest BCUT2D eigenvalue weighted by atomic mass is 9.87. The molecule has 1 aliphatic carbocycles. The molecule has 4 rings (SSSR count). The van der Waals surface area contributed by atoms with Crippen LogP contribution in [0, 0.1) is 6.92 Å². The van der Waals surface area contributed by atoms with Gasteiger partial charge in [-0.2, -0.15) is 0 Å². The van der Waals surface area contributed by atoms with Crippen molar-refractivity contribution in [2.24, 2.45) is 0 Å². The van der Waals surface area contributed by atoms with E-state index in [1.807, 2.05) is 19.1 Å². The average molecular weight is 445 g/mol. The summed E-state index contributed by atoms with van der Waals surface area (Å²) in [6, 6.07) is 12.4. The number of aromatic nitrogens is 3. The first-order valence-electron chi connectivity index (χ1n) is 9.91. The van der Waals surface area contributed by atoms with Crippen molar-refractivity contribution in [3.63, 3.8) is 0 Å². The standard InChI is InChI=1S/C22H25ClN4O2S/c1-14-24-25-21(27(14)17-8-9-17)19-13-16(23)7-12-20(19)26-30(28,29)18-10-5-15(6-11-18)22(2,3)4/h5-7,10-13,17,26H,8-9H2,1-4H3. The summed E-state index contributed by atoms with van der Waals surface area (Å²) >= 11 is 6.23. The molecule has 1 saturated carbocycles. The summed E-state index contributed by atoms with van der Waals surface area (Å²) in [5.74, 6) is 1.43. The van der Waals surface area contributed by atoms with Crippen LogP contribution in [-0.2, 0) is 15.4 Å². The van der Waals surface area contributed by atoms with Gasteiger partial charge in [-0.25, -0.2) is 8.42 Å². The van der Waals surface area contributed by atoms with Crippen molar-refractivity contribution in [3.05, 3.63) is 58.9 Å². The quantitative estimate of drug-likeness (QED) is 0.576. The monoisotopic (exact) mass is 444 g/mol. The minimum atomic E-state index is -3.78. The zero-order valence-electron chi connectivity index (χ0n) is 17.5. The maximum absolute atomic E-state index is 13.1. The second-order valence-electron chi connectivity index (χ2n) is 8.74. The highest BCUT2D eigenvalue weighted by atomic mass is 35.5. The van der Waals surface area contributed by atoms with Crippen LogP contribution >= 0.6 is 11.6 Å². The molecule has 1 N–H and O–H groups in total. The molecule has 1 aliphatic rings. The van der Waals surface area contributed by atoms with Gasteiger partial charge in [-0.1, -0.05) is 44.5 Å². The van der Waals surface area contributed by atoms with Crippen molar-refractivity contribution < 1.29 is 8.42 Å². The van der Waals surface area contributed by atoms with Crippen molar-refractivity contribution in [1.82, 2.24) is 14.8 Å². The number of hydrogen-bond donors (Lipinski definition) is 1. The topological polar surface area (TPSA) is 76.9 Å². The summed E-state index contributed by atoms with van der Waals surface area (Å²) in [4.78, 5) is 0.205. The highest BCUT2D eigenvalue weighted by molar-refractivity contribution is 7.92. The van der Waals surface area contributed by atoms with Crippen LogP contribution in [0.15, 0.2) is 47.4 Å². The van der Waals surface area contributed by atoms with Gasteiger partial charge in [0.05, 0.1) is 10.6 Å². The Balaban J connectivity index is 1.72. The van der Waals surface area contributed by atoms with Gasteiger partial charge < -0.3 is 4.57 Å². The van der Waals surface area contributed by atoms with Crippen LogP contribution in [0.3, 0.4) is 0 Å². The molecule has 0 amide bonds. The van der Waals surface area contributed by atoms with Gasteiger partial charge in [0.2, 0.25) is 0 Å². The van der Waals surface area contributed by atoms with Crippen molar-refractivity contribution in [2.75, 3.05) is 4.72 Å². The third-order valence-corrected chi connectivity index (χ3v) is 6.89. The van der Waals surface area contributed by atoms with Gasteiger partial charge >= 0.3 is 0 Å². The maximum Gasteiger partial charge on any atom is 0.261 e. The van der Waals surface area contributed by atoms with Gasteiger partial charge in [0.1, 0.15) is 5.82 Å². The molecule has 0 aliphatic heterocycles. The minimum Gasteiger partial charge on any atom is -0.308 e. The van der Waals surface area contributed by atoms with Crippen LogP contribution in [0.1, 0.15) is 51.0 Å². The van der Waals surface area contributed by atoms with Gasteiger partial charge in [0.15, 0.2) is 5.82 Å². The largest absolute Gasteiger partial charge is 0.308 e. The molecule has 6 nitrogen and oxygen atoms in total. The molecular weight excluding hydrogens is 420 g/mol. The molecule has 2 aromatic carbocycles. The van der Waals surface area contributed by atoms with Crippen LogP contribution in [0.2, 0.25) is 5.02 Å². The smallest absolute Gasteiger partial charge is 0.261 e. The minimum absolute atomic E-state index is 0.0518. The number of rotatable bonds is 5. The summed E-state index contributed by atoms with van der Waals surface area (Å²) in [6.45, 7) is 8.17. The molecule has 1 heterocycles. The van der Waals surface area contributed by atoms with E-state index in [0.717, 1.165) is 24.2 Å².